The average molecular weight is 241 g/mol. The minimum Gasteiger partial charge on any atom is -0.384 e. The highest BCUT2D eigenvalue weighted by atomic mass is 16.2. The summed E-state index contributed by atoms with van der Waals surface area (Å²) in [6, 6.07) is -0.406. The van der Waals surface area contributed by atoms with Crippen LogP contribution in [-0.2, 0) is 4.79 Å². The smallest absolute Gasteiger partial charge is 0.249 e. The van der Waals surface area contributed by atoms with E-state index in [0.29, 0.717) is 6.54 Å². The van der Waals surface area contributed by atoms with Gasteiger partial charge in [0.1, 0.15) is 12.6 Å². The Kier molecular flexibility index (Phi) is 9.44. The van der Waals surface area contributed by atoms with Gasteiger partial charge in [-0.3, -0.25) is 10.1 Å². The molecule has 98 valence electrons. The summed E-state index contributed by atoms with van der Waals surface area (Å²) >= 11 is 0. The third-order valence-corrected chi connectivity index (χ3v) is 1.94. The zero-order valence-electron chi connectivity index (χ0n) is 10.8. The lowest BCUT2D eigenvalue weighted by molar-refractivity contribution is -0.121. The summed E-state index contributed by atoms with van der Waals surface area (Å²) in [5.41, 5.74) is 0. The van der Waals surface area contributed by atoms with Gasteiger partial charge in [-0.05, 0) is 20.4 Å². The third kappa shape index (κ3) is 8.69. The number of aliphatic hydroxyl groups excluding tert-OH is 1. The number of aliphatic hydroxyl groups is 1. The number of rotatable bonds is 7. The molecule has 0 aliphatic rings. The van der Waals surface area contributed by atoms with Gasteiger partial charge < -0.3 is 15.7 Å². The van der Waals surface area contributed by atoms with E-state index in [-0.39, 0.29) is 18.6 Å². The summed E-state index contributed by atoms with van der Waals surface area (Å²) in [6.07, 6.45) is 0. The van der Waals surface area contributed by atoms with Crippen molar-refractivity contribution in [2.45, 2.75) is 32.9 Å². The number of likely N-dealkylation sites (N-methyl/N-ethyl adjacent to an activating group) is 1. The van der Waals surface area contributed by atoms with Crippen LogP contribution in [0.4, 0.5) is 0 Å². The quantitative estimate of drug-likeness (QED) is 0.343. The van der Waals surface area contributed by atoms with Crippen molar-refractivity contribution in [1.29, 1.82) is 0 Å². The van der Waals surface area contributed by atoms with Crippen LogP contribution in [0.1, 0.15) is 20.8 Å². The minimum absolute atomic E-state index is 0.155. The predicted molar refractivity (Wildman–Crippen MR) is 68.5 cm³/mol. The Hall–Kier alpha value is -1.09. The summed E-state index contributed by atoms with van der Waals surface area (Å²) < 4.78 is 0. The number of amides is 1. The van der Waals surface area contributed by atoms with Crippen LogP contribution >= 0.6 is 0 Å². The highest BCUT2D eigenvalue weighted by molar-refractivity contribution is 5.85. The molecule has 0 aromatic rings. The van der Waals surface area contributed by atoms with Gasteiger partial charge in [0.25, 0.3) is 0 Å². The van der Waals surface area contributed by atoms with E-state index in [2.05, 4.69) is 27.8 Å². The first-order valence-electron chi connectivity index (χ1n) is 5.95. The highest BCUT2D eigenvalue weighted by Crippen LogP contribution is 1.87. The molecule has 4 N–H and O–H groups in total. The van der Waals surface area contributed by atoms with Gasteiger partial charge in [0.2, 0.25) is 5.91 Å². The van der Waals surface area contributed by atoms with Gasteiger partial charge in [-0.15, -0.1) is 0 Å². The molecule has 5 nitrogen and oxygen atoms in total. The number of nitrogens with one attached hydrogen (secondary N) is 3. The summed E-state index contributed by atoms with van der Waals surface area (Å²) in [4.78, 5) is 11.8. The zero-order chi connectivity index (χ0) is 13.1. The standard InChI is InChI=1S/C12H23N3O2/c1-4-13-7-8-14-12(17)11(6-5-9-16)15-10(2)3/h10-11,13,15-16H,4,7-9H2,1-3H3,(H,14,17). The molecule has 1 unspecified atom stereocenters. The number of carbonyl (C=O) groups excluding carboxylic acids is 1. The lowest BCUT2D eigenvalue weighted by Gasteiger charge is -2.16. The van der Waals surface area contributed by atoms with Crippen LogP contribution in [0.25, 0.3) is 0 Å². The summed E-state index contributed by atoms with van der Waals surface area (Å²) in [5, 5.41) is 17.6. The second-order valence-corrected chi connectivity index (χ2v) is 3.88. The van der Waals surface area contributed by atoms with Crippen molar-refractivity contribution >= 4 is 5.91 Å². The molecule has 5 heteroatoms. The van der Waals surface area contributed by atoms with Gasteiger partial charge in [0.05, 0.1) is 0 Å². The van der Waals surface area contributed by atoms with Crippen molar-refractivity contribution in [1.82, 2.24) is 16.0 Å². The van der Waals surface area contributed by atoms with Gasteiger partial charge in [-0.1, -0.05) is 18.8 Å². The molecule has 0 saturated carbocycles. The second-order valence-electron chi connectivity index (χ2n) is 3.88. The molecule has 0 rings (SSSR count). The van der Waals surface area contributed by atoms with Gasteiger partial charge in [0, 0.05) is 19.1 Å². The lowest BCUT2D eigenvalue weighted by atomic mass is 10.2. The predicted octanol–water partition coefficient (Wildman–Crippen LogP) is -0.926. The van der Waals surface area contributed by atoms with E-state index in [9.17, 15) is 4.79 Å². The molecule has 0 spiro atoms. The molecule has 0 bridgehead atoms. The molecular weight excluding hydrogens is 218 g/mol. The maximum absolute atomic E-state index is 11.8. The molecule has 0 saturated heterocycles. The zero-order valence-corrected chi connectivity index (χ0v) is 10.8. The van der Waals surface area contributed by atoms with E-state index in [4.69, 9.17) is 5.11 Å². The largest absolute Gasteiger partial charge is 0.384 e. The van der Waals surface area contributed by atoms with Crippen LogP contribution in [0.3, 0.4) is 0 Å². The Morgan fingerprint density at radius 1 is 1.35 bits per heavy atom. The topological polar surface area (TPSA) is 73.4 Å². The van der Waals surface area contributed by atoms with Crippen molar-refractivity contribution in [3.8, 4) is 11.8 Å². The monoisotopic (exact) mass is 241 g/mol. The van der Waals surface area contributed by atoms with Gasteiger partial charge in [0.15, 0.2) is 0 Å². The Morgan fingerprint density at radius 2 is 2.06 bits per heavy atom. The molecule has 17 heavy (non-hydrogen) atoms. The fourth-order valence-corrected chi connectivity index (χ4v) is 1.22. The maximum atomic E-state index is 11.8. The van der Waals surface area contributed by atoms with Crippen molar-refractivity contribution in [2.24, 2.45) is 0 Å². The Bertz CT molecular complexity index is 269. The van der Waals surface area contributed by atoms with Crippen molar-refractivity contribution in [2.75, 3.05) is 26.2 Å². The van der Waals surface area contributed by atoms with E-state index in [1.807, 2.05) is 20.8 Å². The molecule has 0 aliphatic carbocycles. The number of hydrogen-bond acceptors (Lipinski definition) is 4. The Labute approximate surface area is 103 Å². The first-order valence-corrected chi connectivity index (χ1v) is 5.95. The Morgan fingerprint density at radius 3 is 2.59 bits per heavy atom. The van der Waals surface area contributed by atoms with Crippen LogP contribution in [0, 0.1) is 11.8 Å². The van der Waals surface area contributed by atoms with E-state index in [0.717, 1.165) is 13.1 Å². The molecule has 0 aliphatic heterocycles. The lowest BCUT2D eigenvalue weighted by Crippen LogP contribution is -2.47. The highest BCUT2D eigenvalue weighted by Gasteiger charge is 2.15. The summed E-state index contributed by atoms with van der Waals surface area (Å²) in [6.45, 7) is 7.86. The van der Waals surface area contributed by atoms with Crippen LogP contribution in [-0.4, -0.2) is 49.3 Å². The van der Waals surface area contributed by atoms with Crippen molar-refractivity contribution in [3.63, 3.8) is 0 Å². The van der Waals surface area contributed by atoms with Crippen LogP contribution in [0.15, 0.2) is 0 Å². The minimum atomic E-state index is -0.566. The SMILES string of the molecule is CCNCCNC(=O)C(C#CCO)NC(C)C. The number of carbonyl (C=O) groups is 1. The normalized spacial score (nSPS) is 11.8. The molecule has 0 radical (unpaired) electrons. The van der Waals surface area contributed by atoms with E-state index < -0.39 is 6.04 Å². The van der Waals surface area contributed by atoms with Gasteiger partial charge in [-0.2, -0.15) is 0 Å². The van der Waals surface area contributed by atoms with Crippen LogP contribution < -0.4 is 16.0 Å². The Balaban J connectivity index is 4.13. The third-order valence-electron chi connectivity index (χ3n) is 1.94. The van der Waals surface area contributed by atoms with Crippen LogP contribution in [0.2, 0.25) is 0 Å². The summed E-state index contributed by atoms with van der Waals surface area (Å²) in [5.74, 6) is 5.05. The van der Waals surface area contributed by atoms with E-state index in [1.165, 1.54) is 0 Å². The van der Waals surface area contributed by atoms with Gasteiger partial charge in [-0.25, -0.2) is 0 Å². The molecule has 0 aromatic heterocycles. The molecule has 0 aromatic carbocycles. The maximum Gasteiger partial charge on any atom is 0.249 e. The molecular formula is C12H23N3O2. The average Bonchev–Trinajstić information content (AvgIpc) is 2.29. The fraction of sp³-hybridized carbons (Fsp3) is 0.750. The molecule has 1 atom stereocenters. The molecule has 1 amide bonds. The van der Waals surface area contributed by atoms with Gasteiger partial charge >= 0.3 is 0 Å². The molecule has 0 fully saturated rings. The summed E-state index contributed by atoms with van der Waals surface area (Å²) in [7, 11) is 0. The van der Waals surface area contributed by atoms with Crippen LogP contribution in [0.5, 0.6) is 0 Å². The second kappa shape index (κ2) is 10.1. The molecule has 0 heterocycles. The van der Waals surface area contributed by atoms with E-state index >= 15 is 0 Å². The van der Waals surface area contributed by atoms with Crippen molar-refractivity contribution < 1.29 is 9.90 Å². The first-order chi connectivity index (χ1) is 8.11. The fourth-order valence-electron chi connectivity index (χ4n) is 1.22. The number of hydrogen-bond donors (Lipinski definition) is 4. The first kappa shape index (κ1) is 15.9. The van der Waals surface area contributed by atoms with Crippen molar-refractivity contribution in [3.05, 3.63) is 0 Å². The van der Waals surface area contributed by atoms with E-state index in [1.54, 1.807) is 0 Å².